The van der Waals surface area contributed by atoms with E-state index in [1.54, 1.807) is 0 Å². The minimum Gasteiger partial charge on any atom is -0.385 e. The number of nitrogens with one attached hydrogen (secondary N) is 1. The summed E-state index contributed by atoms with van der Waals surface area (Å²) in [5, 5.41) is 3.52. The van der Waals surface area contributed by atoms with Gasteiger partial charge in [-0.15, -0.1) is 0 Å². The topological polar surface area (TPSA) is 15.3 Å². The lowest BCUT2D eigenvalue weighted by Gasteiger charge is -2.17. The molecule has 0 aliphatic carbocycles. The largest absolute Gasteiger partial charge is 0.385 e. The van der Waals surface area contributed by atoms with Crippen molar-refractivity contribution in [1.29, 1.82) is 0 Å². The van der Waals surface area contributed by atoms with Crippen LogP contribution in [0.25, 0.3) is 0 Å². The second-order valence-corrected chi connectivity index (χ2v) is 4.51. The first-order chi connectivity index (χ1) is 7.67. The average molecular weight is 220 g/mol. The molecule has 0 spiro atoms. The SMILES string of the molecule is CCC(CC)CNc1cccc(N(C)C)c1. The van der Waals surface area contributed by atoms with Gasteiger partial charge in [0.05, 0.1) is 0 Å². The minimum atomic E-state index is 0.781. The summed E-state index contributed by atoms with van der Waals surface area (Å²) >= 11 is 0. The molecule has 2 heteroatoms. The summed E-state index contributed by atoms with van der Waals surface area (Å²) < 4.78 is 0. The monoisotopic (exact) mass is 220 g/mol. The van der Waals surface area contributed by atoms with Crippen LogP contribution in [0.2, 0.25) is 0 Å². The third kappa shape index (κ3) is 3.76. The van der Waals surface area contributed by atoms with Gasteiger partial charge in [0.1, 0.15) is 0 Å². The zero-order valence-electron chi connectivity index (χ0n) is 11.0. The lowest BCUT2D eigenvalue weighted by atomic mass is 10.0. The van der Waals surface area contributed by atoms with E-state index in [1.807, 2.05) is 0 Å². The first-order valence-electron chi connectivity index (χ1n) is 6.18. The molecule has 0 aliphatic rings. The summed E-state index contributed by atoms with van der Waals surface area (Å²) in [4.78, 5) is 2.13. The smallest absolute Gasteiger partial charge is 0.0381 e. The standard InChI is InChI=1S/C14H24N2/c1-5-12(6-2)11-15-13-8-7-9-14(10-13)16(3)4/h7-10,12,15H,5-6,11H2,1-4H3. The van der Waals surface area contributed by atoms with Crippen molar-refractivity contribution in [3.8, 4) is 0 Å². The third-order valence-electron chi connectivity index (χ3n) is 3.11. The van der Waals surface area contributed by atoms with E-state index in [1.165, 1.54) is 24.2 Å². The third-order valence-corrected chi connectivity index (χ3v) is 3.11. The van der Waals surface area contributed by atoms with Gasteiger partial charge in [0.2, 0.25) is 0 Å². The van der Waals surface area contributed by atoms with Gasteiger partial charge in [0.15, 0.2) is 0 Å². The van der Waals surface area contributed by atoms with Crippen LogP contribution < -0.4 is 10.2 Å². The average Bonchev–Trinajstić information content (AvgIpc) is 2.31. The molecule has 1 rings (SSSR count). The molecule has 0 unspecified atom stereocenters. The molecule has 1 N–H and O–H groups in total. The Morgan fingerprint density at radius 3 is 2.44 bits per heavy atom. The van der Waals surface area contributed by atoms with Gasteiger partial charge in [0, 0.05) is 32.0 Å². The summed E-state index contributed by atoms with van der Waals surface area (Å²) in [7, 11) is 4.14. The van der Waals surface area contributed by atoms with E-state index in [4.69, 9.17) is 0 Å². The van der Waals surface area contributed by atoms with Gasteiger partial charge in [-0.3, -0.25) is 0 Å². The van der Waals surface area contributed by atoms with Crippen LogP contribution in [-0.2, 0) is 0 Å². The van der Waals surface area contributed by atoms with E-state index < -0.39 is 0 Å². The van der Waals surface area contributed by atoms with Crippen molar-refractivity contribution < 1.29 is 0 Å². The molecule has 0 saturated carbocycles. The summed E-state index contributed by atoms with van der Waals surface area (Å²) in [6.45, 7) is 5.59. The maximum Gasteiger partial charge on any atom is 0.0381 e. The summed E-state index contributed by atoms with van der Waals surface area (Å²) in [5.74, 6) is 0.781. The van der Waals surface area contributed by atoms with Crippen LogP contribution >= 0.6 is 0 Å². The van der Waals surface area contributed by atoms with Gasteiger partial charge < -0.3 is 10.2 Å². The van der Waals surface area contributed by atoms with Crippen molar-refractivity contribution in [1.82, 2.24) is 0 Å². The summed E-state index contributed by atoms with van der Waals surface area (Å²) in [6.07, 6.45) is 2.49. The quantitative estimate of drug-likeness (QED) is 0.788. The van der Waals surface area contributed by atoms with Crippen LogP contribution in [0, 0.1) is 5.92 Å². The molecule has 0 bridgehead atoms. The Morgan fingerprint density at radius 1 is 1.19 bits per heavy atom. The van der Waals surface area contributed by atoms with Crippen LogP contribution in [0.4, 0.5) is 11.4 Å². The normalized spacial score (nSPS) is 10.6. The summed E-state index contributed by atoms with van der Waals surface area (Å²) in [6, 6.07) is 8.56. The minimum absolute atomic E-state index is 0.781. The van der Waals surface area contributed by atoms with Crippen LogP contribution in [0.1, 0.15) is 26.7 Å². The highest BCUT2D eigenvalue weighted by Crippen LogP contribution is 2.18. The van der Waals surface area contributed by atoms with Crippen molar-refractivity contribution in [2.24, 2.45) is 5.92 Å². The lowest BCUT2D eigenvalue weighted by molar-refractivity contribution is 0.519. The van der Waals surface area contributed by atoms with E-state index in [-0.39, 0.29) is 0 Å². The van der Waals surface area contributed by atoms with E-state index in [9.17, 15) is 0 Å². The number of anilines is 2. The zero-order valence-corrected chi connectivity index (χ0v) is 11.0. The van der Waals surface area contributed by atoms with Gasteiger partial charge in [0.25, 0.3) is 0 Å². The van der Waals surface area contributed by atoms with Crippen molar-refractivity contribution in [3.63, 3.8) is 0 Å². The Labute approximate surface area is 99.7 Å². The predicted molar refractivity (Wildman–Crippen MR) is 73.3 cm³/mol. The maximum absolute atomic E-state index is 3.52. The van der Waals surface area contributed by atoms with Crippen molar-refractivity contribution in [2.75, 3.05) is 30.9 Å². The van der Waals surface area contributed by atoms with Crippen LogP contribution in [0.5, 0.6) is 0 Å². The Bertz CT molecular complexity index is 303. The van der Waals surface area contributed by atoms with E-state index >= 15 is 0 Å². The molecule has 90 valence electrons. The van der Waals surface area contributed by atoms with Crippen molar-refractivity contribution in [2.45, 2.75) is 26.7 Å². The fraction of sp³-hybridized carbons (Fsp3) is 0.571. The van der Waals surface area contributed by atoms with Crippen molar-refractivity contribution in [3.05, 3.63) is 24.3 Å². The molecular formula is C14H24N2. The number of hydrogen-bond donors (Lipinski definition) is 1. The van der Waals surface area contributed by atoms with E-state index in [0.717, 1.165) is 12.5 Å². The molecule has 0 fully saturated rings. The molecule has 0 aromatic heterocycles. The molecule has 0 atom stereocenters. The molecule has 0 saturated heterocycles. The highest BCUT2D eigenvalue weighted by atomic mass is 15.1. The molecule has 0 radical (unpaired) electrons. The first-order valence-corrected chi connectivity index (χ1v) is 6.18. The van der Waals surface area contributed by atoms with E-state index in [2.05, 4.69) is 62.4 Å². The fourth-order valence-electron chi connectivity index (χ4n) is 1.73. The van der Waals surface area contributed by atoms with Crippen LogP contribution in [0.3, 0.4) is 0 Å². The molecule has 0 amide bonds. The van der Waals surface area contributed by atoms with Crippen molar-refractivity contribution >= 4 is 11.4 Å². The molecule has 0 heterocycles. The molecule has 1 aromatic rings. The zero-order chi connectivity index (χ0) is 12.0. The van der Waals surface area contributed by atoms with Gasteiger partial charge in [-0.25, -0.2) is 0 Å². The first kappa shape index (κ1) is 12.9. The molecule has 1 aromatic carbocycles. The number of nitrogens with zero attached hydrogens (tertiary/aromatic N) is 1. The summed E-state index contributed by atoms with van der Waals surface area (Å²) in [5.41, 5.74) is 2.47. The highest BCUT2D eigenvalue weighted by Gasteiger charge is 2.03. The highest BCUT2D eigenvalue weighted by molar-refractivity contribution is 5.57. The number of rotatable bonds is 6. The van der Waals surface area contributed by atoms with Gasteiger partial charge >= 0.3 is 0 Å². The molecule has 16 heavy (non-hydrogen) atoms. The van der Waals surface area contributed by atoms with E-state index in [0.29, 0.717) is 0 Å². The van der Waals surface area contributed by atoms with Gasteiger partial charge in [-0.05, 0) is 24.1 Å². The van der Waals surface area contributed by atoms with Crippen LogP contribution in [-0.4, -0.2) is 20.6 Å². The molecular weight excluding hydrogens is 196 g/mol. The predicted octanol–water partition coefficient (Wildman–Crippen LogP) is 3.60. The fourth-order valence-corrected chi connectivity index (χ4v) is 1.73. The Balaban J connectivity index is 2.56. The molecule has 2 nitrogen and oxygen atoms in total. The maximum atomic E-state index is 3.52. The second kappa shape index (κ2) is 6.41. The van der Waals surface area contributed by atoms with Crippen LogP contribution in [0.15, 0.2) is 24.3 Å². The van der Waals surface area contributed by atoms with Gasteiger partial charge in [-0.2, -0.15) is 0 Å². The number of hydrogen-bond acceptors (Lipinski definition) is 2. The Morgan fingerprint density at radius 2 is 1.88 bits per heavy atom. The lowest BCUT2D eigenvalue weighted by Crippen LogP contribution is -2.13. The number of benzene rings is 1. The second-order valence-electron chi connectivity index (χ2n) is 4.51. The van der Waals surface area contributed by atoms with Gasteiger partial charge in [-0.1, -0.05) is 32.8 Å². The Hall–Kier alpha value is -1.18. The Kier molecular flexibility index (Phi) is 5.17. The molecule has 0 aliphatic heterocycles.